The maximum atomic E-state index is 6.18. The molecule has 4 rings (SSSR count). The molecule has 0 aliphatic carbocycles. The Morgan fingerprint density at radius 3 is 2.46 bits per heavy atom. The third-order valence-electron chi connectivity index (χ3n) is 4.61. The molecule has 0 aliphatic rings. The highest BCUT2D eigenvalue weighted by molar-refractivity contribution is 6.31. The van der Waals surface area contributed by atoms with Crippen LogP contribution in [-0.4, -0.2) is 10.8 Å². The highest BCUT2D eigenvalue weighted by atomic mass is 35.5. The van der Waals surface area contributed by atoms with Gasteiger partial charge < -0.3 is 9.99 Å². The number of hydrazone groups is 1. The van der Waals surface area contributed by atoms with Crippen molar-refractivity contribution in [2.45, 2.75) is 13.1 Å². The predicted octanol–water partition coefficient (Wildman–Crippen LogP) is 6.12. The van der Waals surface area contributed by atoms with Crippen LogP contribution in [0.3, 0.4) is 0 Å². The van der Waals surface area contributed by atoms with Gasteiger partial charge in [0, 0.05) is 39.3 Å². The van der Waals surface area contributed by atoms with Gasteiger partial charge in [-0.1, -0.05) is 71.7 Å². The van der Waals surface area contributed by atoms with Gasteiger partial charge in [0.2, 0.25) is 0 Å². The molecule has 0 unspecified atom stereocenters. The van der Waals surface area contributed by atoms with E-state index in [1.807, 2.05) is 48.7 Å². The van der Waals surface area contributed by atoms with Gasteiger partial charge in [-0.15, -0.1) is 0 Å². The van der Waals surface area contributed by atoms with E-state index >= 15 is 0 Å². The summed E-state index contributed by atoms with van der Waals surface area (Å²) < 4.78 is 2.23. The van der Waals surface area contributed by atoms with Crippen LogP contribution in [0.5, 0.6) is 0 Å². The van der Waals surface area contributed by atoms with E-state index in [0.717, 1.165) is 27.7 Å². The Morgan fingerprint density at radius 2 is 1.64 bits per heavy atom. The van der Waals surface area contributed by atoms with Crippen LogP contribution in [0.1, 0.15) is 16.7 Å². The molecule has 0 spiro atoms. The maximum Gasteiger partial charge on any atom is 0.0594 e. The van der Waals surface area contributed by atoms with Gasteiger partial charge in [0.1, 0.15) is 0 Å². The molecule has 0 fully saturated rings. The number of fused-ring (bicyclic) bond motifs is 1. The first-order chi connectivity index (χ1) is 13.7. The largest absolute Gasteiger partial charge is 0.342 e. The number of rotatable bonds is 6. The Hall–Kier alpha value is -2.75. The smallest absolute Gasteiger partial charge is 0.0594 e. The molecule has 1 heterocycles. The molecule has 0 amide bonds. The molecule has 3 aromatic carbocycles. The highest BCUT2D eigenvalue weighted by Gasteiger charge is 2.07. The quantitative estimate of drug-likeness (QED) is 0.302. The third-order valence-corrected chi connectivity index (χ3v) is 5.23. The number of nitrogens with zero attached hydrogens (tertiary/aromatic N) is 2. The van der Waals surface area contributed by atoms with Gasteiger partial charge in [-0.05, 0) is 35.4 Å². The number of hydrogen-bond acceptors (Lipinski definition) is 2. The Bertz CT molecular complexity index is 1110. The molecule has 1 aromatic heterocycles. The molecule has 4 aromatic rings. The molecule has 0 radical (unpaired) electrons. The zero-order valence-corrected chi connectivity index (χ0v) is 16.7. The normalized spacial score (nSPS) is 11.4. The monoisotopic (exact) mass is 407 g/mol. The summed E-state index contributed by atoms with van der Waals surface area (Å²) in [5, 5.41) is 7.05. The van der Waals surface area contributed by atoms with Crippen molar-refractivity contribution < 1.29 is 0 Å². The first-order valence-electron chi connectivity index (χ1n) is 9.02. The molecule has 0 saturated carbocycles. The highest BCUT2D eigenvalue weighted by Crippen LogP contribution is 2.22. The van der Waals surface area contributed by atoms with Gasteiger partial charge in [0.15, 0.2) is 0 Å². The van der Waals surface area contributed by atoms with E-state index in [9.17, 15) is 0 Å². The third kappa shape index (κ3) is 4.22. The van der Waals surface area contributed by atoms with E-state index in [1.54, 1.807) is 0 Å². The van der Waals surface area contributed by atoms with Gasteiger partial charge in [0.05, 0.1) is 12.8 Å². The lowest BCUT2D eigenvalue weighted by atomic mass is 10.2. The van der Waals surface area contributed by atoms with Crippen molar-refractivity contribution in [3.8, 4) is 0 Å². The van der Waals surface area contributed by atoms with Crippen molar-refractivity contribution in [3.63, 3.8) is 0 Å². The molecule has 0 atom stereocenters. The van der Waals surface area contributed by atoms with Crippen LogP contribution in [0, 0.1) is 0 Å². The fourth-order valence-corrected chi connectivity index (χ4v) is 3.51. The van der Waals surface area contributed by atoms with Crippen molar-refractivity contribution in [3.05, 3.63) is 106 Å². The lowest BCUT2D eigenvalue weighted by Crippen LogP contribution is -2.05. The minimum Gasteiger partial charge on any atom is -0.342 e. The van der Waals surface area contributed by atoms with Crippen LogP contribution in [-0.2, 0) is 13.1 Å². The minimum atomic E-state index is 0.583. The molecule has 140 valence electrons. The second-order valence-corrected chi connectivity index (χ2v) is 7.38. The second kappa shape index (κ2) is 8.51. The van der Waals surface area contributed by atoms with Crippen LogP contribution < -0.4 is 5.43 Å². The molecule has 28 heavy (non-hydrogen) atoms. The van der Waals surface area contributed by atoms with E-state index in [1.165, 1.54) is 16.5 Å². The lowest BCUT2D eigenvalue weighted by molar-refractivity contribution is 0.748. The van der Waals surface area contributed by atoms with Crippen LogP contribution in [0.15, 0.2) is 84.1 Å². The van der Waals surface area contributed by atoms with E-state index in [4.69, 9.17) is 23.2 Å². The zero-order chi connectivity index (χ0) is 19.3. The zero-order valence-electron chi connectivity index (χ0n) is 15.1. The Balaban J connectivity index is 1.54. The van der Waals surface area contributed by atoms with Gasteiger partial charge in [0.25, 0.3) is 0 Å². The van der Waals surface area contributed by atoms with E-state index in [0.29, 0.717) is 6.54 Å². The topological polar surface area (TPSA) is 29.3 Å². The molecular formula is C23H19Cl2N3. The molecule has 0 bridgehead atoms. The molecule has 0 saturated heterocycles. The van der Waals surface area contributed by atoms with E-state index in [-0.39, 0.29) is 0 Å². The van der Waals surface area contributed by atoms with Crippen LogP contribution in [0.4, 0.5) is 0 Å². The van der Waals surface area contributed by atoms with E-state index < -0.39 is 0 Å². The molecule has 5 heteroatoms. The van der Waals surface area contributed by atoms with Gasteiger partial charge in [-0.2, -0.15) is 5.10 Å². The number of aromatic nitrogens is 1. The van der Waals surface area contributed by atoms with Crippen molar-refractivity contribution in [1.82, 2.24) is 9.99 Å². The number of benzene rings is 3. The summed E-state index contributed by atoms with van der Waals surface area (Å²) in [7, 11) is 0. The molecule has 0 aliphatic heterocycles. The van der Waals surface area contributed by atoms with Crippen molar-refractivity contribution in [2.24, 2.45) is 5.10 Å². The summed E-state index contributed by atoms with van der Waals surface area (Å²) in [6.45, 7) is 1.36. The SMILES string of the molecule is Clc1ccc(Cn2cc(/C=N\NCc3ccccc3Cl)c3ccccc32)cc1. The molecule has 3 nitrogen and oxygen atoms in total. The van der Waals surface area contributed by atoms with Crippen LogP contribution in [0.25, 0.3) is 10.9 Å². The van der Waals surface area contributed by atoms with Crippen molar-refractivity contribution in [2.75, 3.05) is 0 Å². The van der Waals surface area contributed by atoms with Gasteiger partial charge in [-0.3, -0.25) is 0 Å². The summed E-state index contributed by atoms with van der Waals surface area (Å²) in [5.74, 6) is 0. The summed E-state index contributed by atoms with van der Waals surface area (Å²) in [4.78, 5) is 0. The van der Waals surface area contributed by atoms with Gasteiger partial charge in [-0.25, -0.2) is 0 Å². The van der Waals surface area contributed by atoms with E-state index in [2.05, 4.69) is 51.6 Å². The molecule has 1 N–H and O–H groups in total. The summed E-state index contributed by atoms with van der Waals surface area (Å²) in [6, 6.07) is 24.0. The standard InChI is InChI=1S/C23H19Cl2N3/c24-20-11-9-17(10-12-20)15-28-16-19(21-6-2-4-8-23(21)28)14-27-26-13-18-5-1-3-7-22(18)25/h1-12,14,16,26H,13,15H2/b27-14-. The number of nitrogens with one attached hydrogen (secondary N) is 1. The Labute approximate surface area is 174 Å². The summed E-state index contributed by atoms with van der Waals surface area (Å²) >= 11 is 12.2. The second-order valence-electron chi connectivity index (χ2n) is 6.54. The Morgan fingerprint density at radius 1 is 0.893 bits per heavy atom. The fourth-order valence-electron chi connectivity index (χ4n) is 3.18. The van der Waals surface area contributed by atoms with Gasteiger partial charge >= 0.3 is 0 Å². The summed E-state index contributed by atoms with van der Waals surface area (Å²) in [5.41, 5.74) is 7.54. The van der Waals surface area contributed by atoms with Crippen molar-refractivity contribution in [1.29, 1.82) is 0 Å². The molecular weight excluding hydrogens is 389 g/mol. The van der Waals surface area contributed by atoms with Crippen molar-refractivity contribution >= 4 is 40.3 Å². The predicted molar refractivity (Wildman–Crippen MR) is 118 cm³/mol. The maximum absolute atomic E-state index is 6.18. The fraction of sp³-hybridized carbons (Fsp3) is 0.0870. The number of halogens is 2. The first-order valence-corrected chi connectivity index (χ1v) is 9.78. The summed E-state index contributed by atoms with van der Waals surface area (Å²) in [6.07, 6.45) is 3.98. The number of para-hydroxylation sites is 1. The average Bonchev–Trinajstić information content (AvgIpc) is 3.06. The minimum absolute atomic E-state index is 0.583. The van der Waals surface area contributed by atoms with Crippen LogP contribution >= 0.6 is 23.2 Å². The van der Waals surface area contributed by atoms with Crippen LogP contribution in [0.2, 0.25) is 10.0 Å². The Kier molecular flexibility index (Phi) is 5.65. The first kappa shape index (κ1) is 18.6. The number of hydrogen-bond donors (Lipinski definition) is 1. The average molecular weight is 408 g/mol. The lowest BCUT2D eigenvalue weighted by Gasteiger charge is -2.05.